The highest BCUT2D eigenvalue weighted by atomic mass is 17.1. The fourth-order valence-corrected chi connectivity index (χ4v) is 2.50. The van der Waals surface area contributed by atoms with E-state index in [0.29, 0.717) is 12.8 Å². The lowest BCUT2D eigenvalue weighted by Crippen LogP contribution is -2.59. The highest BCUT2D eigenvalue weighted by Crippen LogP contribution is 2.40. The Kier molecular flexibility index (Phi) is 3.09. The molecule has 1 aliphatic heterocycles. The second-order valence-electron chi connectivity index (χ2n) is 5.43. The third-order valence-corrected chi connectivity index (χ3v) is 3.01. The molecule has 1 radical (unpaired) electrons. The van der Waals surface area contributed by atoms with Crippen LogP contribution in [0.1, 0.15) is 40.5 Å². The fraction of sp³-hybridized carbons (Fsp3) is 0.900. The lowest BCUT2D eigenvalue weighted by Gasteiger charge is -2.49. The minimum atomic E-state index is -0.760. The van der Waals surface area contributed by atoms with Gasteiger partial charge in [-0.05, 0) is 40.5 Å². The van der Waals surface area contributed by atoms with Crippen molar-refractivity contribution < 1.29 is 20.1 Å². The number of rotatable bonds is 1. The van der Waals surface area contributed by atoms with Crippen LogP contribution >= 0.6 is 0 Å². The topological polar surface area (TPSA) is 72.5 Å². The van der Waals surface area contributed by atoms with Crippen LogP contribution in [-0.2, 0) is 14.9 Å². The van der Waals surface area contributed by atoms with Gasteiger partial charge in [0.2, 0.25) is 0 Å². The Morgan fingerprint density at radius 2 is 1.67 bits per heavy atom. The Hall–Kier alpha value is -0.650. The van der Waals surface area contributed by atoms with E-state index in [-0.39, 0.29) is 0 Å². The lowest BCUT2D eigenvalue weighted by atomic mass is 9.75. The average Bonchev–Trinajstić information content (AvgIpc) is 2.11. The summed E-state index contributed by atoms with van der Waals surface area (Å²) >= 11 is 0. The van der Waals surface area contributed by atoms with Crippen LogP contribution < -0.4 is 5.26 Å². The molecule has 5 nitrogen and oxygen atoms in total. The maximum atomic E-state index is 11.9. The molecule has 1 saturated heterocycles. The summed E-state index contributed by atoms with van der Waals surface area (Å²) in [4.78, 5) is 14.7. The summed E-state index contributed by atoms with van der Waals surface area (Å²) in [6, 6.07) is 0. The van der Waals surface area contributed by atoms with E-state index in [2.05, 4.69) is 4.89 Å². The molecule has 0 unspecified atom stereocenters. The van der Waals surface area contributed by atoms with Crippen LogP contribution in [0.5, 0.6) is 0 Å². The van der Waals surface area contributed by atoms with Crippen LogP contribution in [0, 0.1) is 5.92 Å². The molecule has 0 saturated carbocycles. The largest absolute Gasteiger partial charge is 0.662 e. The van der Waals surface area contributed by atoms with Crippen molar-refractivity contribution in [2.45, 2.75) is 51.6 Å². The molecule has 0 atom stereocenters. The SMILES string of the molecule is CC1(C)CC(C(=O)O[O-])CC(C)(C)N1[O]. The van der Waals surface area contributed by atoms with Crippen molar-refractivity contribution in [3.8, 4) is 0 Å². The summed E-state index contributed by atoms with van der Waals surface area (Å²) < 4.78 is 0. The van der Waals surface area contributed by atoms with Gasteiger partial charge in [-0.3, -0.25) is 4.79 Å². The molecule has 0 aromatic carbocycles. The molecule has 0 amide bonds. The van der Waals surface area contributed by atoms with Crippen molar-refractivity contribution >= 4 is 5.97 Å². The quantitative estimate of drug-likeness (QED) is 0.469. The van der Waals surface area contributed by atoms with E-state index < -0.39 is 23.0 Å². The monoisotopic (exact) mass is 215 g/mol. The maximum absolute atomic E-state index is 11.9. The van der Waals surface area contributed by atoms with Crippen molar-refractivity contribution in [3.63, 3.8) is 0 Å². The van der Waals surface area contributed by atoms with Crippen molar-refractivity contribution in [2.24, 2.45) is 5.92 Å². The van der Waals surface area contributed by atoms with Crippen LogP contribution in [0.3, 0.4) is 0 Å². The van der Waals surface area contributed by atoms with Gasteiger partial charge in [0.05, 0.1) is 5.92 Å². The van der Waals surface area contributed by atoms with Crippen LogP contribution in [0.15, 0.2) is 0 Å². The highest BCUT2D eigenvalue weighted by molar-refractivity contribution is 5.72. The molecule has 0 aromatic rings. The maximum Gasteiger partial charge on any atom is 0.303 e. The Labute approximate surface area is 89.5 Å². The van der Waals surface area contributed by atoms with Crippen molar-refractivity contribution in [1.29, 1.82) is 0 Å². The molecular weight excluding hydrogens is 198 g/mol. The van der Waals surface area contributed by atoms with Gasteiger partial charge in [0.15, 0.2) is 0 Å². The molecule has 0 aromatic heterocycles. The first-order valence-electron chi connectivity index (χ1n) is 5.02. The highest BCUT2D eigenvalue weighted by Gasteiger charge is 2.48. The van der Waals surface area contributed by atoms with Crippen molar-refractivity contribution in [3.05, 3.63) is 0 Å². The summed E-state index contributed by atoms with van der Waals surface area (Å²) in [5, 5.41) is 23.0. The second-order valence-corrected chi connectivity index (χ2v) is 5.43. The molecule has 5 heteroatoms. The summed E-state index contributed by atoms with van der Waals surface area (Å²) in [7, 11) is 0. The number of hydrogen-bond acceptors (Lipinski definition) is 4. The van der Waals surface area contributed by atoms with E-state index in [0.717, 1.165) is 5.06 Å². The normalized spacial score (nSPS) is 26.3. The Bertz CT molecular complexity index is 244. The van der Waals surface area contributed by atoms with E-state index in [1.807, 2.05) is 0 Å². The minimum absolute atomic E-state index is 0.362. The summed E-state index contributed by atoms with van der Waals surface area (Å²) in [6.07, 6.45) is 0.724. The fourth-order valence-electron chi connectivity index (χ4n) is 2.50. The van der Waals surface area contributed by atoms with Gasteiger partial charge in [-0.15, -0.1) is 10.3 Å². The van der Waals surface area contributed by atoms with Crippen LogP contribution in [-0.4, -0.2) is 22.1 Å². The van der Waals surface area contributed by atoms with Gasteiger partial charge in [-0.25, -0.2) is 0 Å². The molecule has 0 bridgehead atoms. The van der Waals surface area contributed by atoms with Crippen LogP contribution in [0.25, 0.3) is 0 Å². The second kappa shape index (κ2) is 3.73. The molecule has 87 valence electrons. The Morgan fingerprint density at radius 1 is 1.27 bits per heavy atom. The van der Waals surface area contributed by atoms with Gasteiger partial charge in [-0.2, -0.15) is 0 Å². The molecule has 0 spiro atoms. The third kappa shape index (κ3) is 2.30. The Morgan fingerprint density at radius 3 is 2.00 bits per heavy atom. The predicted octanol–water partition coefficient (Wildman–Crippen LogP) is 0.420. The molecule has 15 heavy (non-hydrogen) atoms. The van der Waals surface area contributed by atoms with Gasteiger partial charge in [0, 0.05) is 11.1 Å². The number of carbonyl (C=O) groups excluding carboxylic acids is 1. The average molecular weight is 215 g/mol. The van der Waals surface area contributed by atoms with Crippen molar-refractivity contribution in [1.82, 2.24) is 5.06 Å². The third-order valence-electron chi connectivity index (χ3n) is 3.01. The van der Waals surface area contributed by atoms with E-state index in [1.54, 1.807) is 27.7 Å². The van der Waals surface area contributed by atoms with Gasteiger partial charge in [-0.1, -0.05) is 0 Å². The van der Waals surface area contributed by atoms with E-state index in [1.165, 1.54) is 0 Å². The summed E-state index contributed by atoms with van der Waals surface area (Å²) in [5.74, 6) is -1.23. The van der Waals surface area contributed by atoms with Gasteiger partial charge < -0.3 is 10.1 Å². The summed E-state index contributed by atoms with van der Waals surface area (Å²) in [6.45, 7) is 7.08. The van der Waals surface area contributed by atoms with Gasteiger partial charge in [0.25, 0.3) is 0 Å². The molecule has 1 heterocycles. The standard InChI is InChI=1S/C10H18NO4/c1-9(2)5-7(8(12)15-14)6-10(3,4)11(9)13/h7,14H,5-6H2,1-4H3/p-1. The van der Waals surface area contributed by atoms with Crippen LogP contribution in [0.4, 0.5) is 0 Å². The zero-order valence-corrected chi connectivity index (χ0v) is 9.57. The zero-order chi connectivity index (χ0) is 11.9. The molecule has 0 aliphatic carbocycles. The number of piperidine rings is 1. The lowest BCUT2D eigenvalue weighted by molar-refractivity contribution is -0.658. The molecule has 0 N–H and O–H groups in total. The van der Waals surface area contributed by atoms with E-state index in [4.69, 9.17) is 0 Å². The summed E-state index contributed by atoms with van der Waals surface area (Å²) in [5.41, 5.74) is -1.28. The van der Waals surface area contributed by atoms with Crippen LogP contribution in [0.2, 0.25) is 0 Å². The smallest absolute Gasteiger partial charge is 0.303 e. The van der Waals surface area contributed by atoms with Gasteiger partial charge >= 0.3 is 5.97 Å². The predicted molar refractivity (Wildman–Crippen MR) is 49.5 cm³/mol. The number of nitrogens with zero attached hydrogens (tertiary/aromatic N) is 1. The molecule has 1 rings (SSSR count). The molecular formula is C10H17NO4-. The zero-order valence-electron chi connectivity index (χ0n) is 9.57. The van der Waals surface area contributed by atoms with Crippen molar-refractivity contribution in [2.75, 3.05) is 0 Å². The minimum Gasteiger partial charge on any atom is -0.662 e. The first kappa shape index (κ1) is 12.4. The van der Waals surface area contributed by atoms with E-state index in [9.17, 15) is 15.3 Å². The first-order chi connectivity index (χ1) is 6.70. The number of hydrogen-bond donors (Lipinski definition) is 0. The molecule has 1 aliphatic rings. The van der Waals surface area contributed by atoms with Gasteiger partial charge in [0.1, 0.15) is 0 Å². The number of hydroxylamine groups is 2. The molecule has 1 fully saturated rings. The van der Waals surface area contributed by atoms with E-state index >= 15 is 0 Å². The first-order valence-corrected chi connectivity index (χ1v) is 5.02. The Balaban J connectivity index is 2.89. The number of carbonyl (C=O) groups is 1.